The summed E-state index contributed by atoms with van der Waals surface area (Å²) in [6, 6.07) is 8.42. The topological polar surface area (TPSA) is 96.7 Å². The van der Waals surface area contributed by atoms with Crippen LogP contribution in [0.3, 0.4) is 0 Å². The molecule has 2 aromatic rings. The number of hydrogen-bond acceptors (Lipinski definition) is 6. The van der Waals surface area contributed by atoms with Gasteiger partial charge in [0.2, 0.25) is 5.91 Å². The molecule has 2 heterocycles. The molecule has 0 saturated carbocycles. The summed E-state index contributed by atoms with van der Waals surface area (Å²) in [7, 11) is 0. The molecule has 0 bridgehead atoms. The van der Waals surface area contributed by atoms with Crippen LogP contribution in [-0.2, 0) is 4.79 Å². The Bertz CT molecular complexity index is 878. The van der Waals surface area contributed by atoms with Crippen molar-refractivity contribution in [2.24, 2.45) is 0 Å². The van der Waals surface area contributed by atoms with E-state index in [0.717, 1.165) is 5.69 Å². The molecule has 0 atom stereocenters. The fraction of sp³-hybridized carbons (Fsp3) is 0.350. The van der Waals surface area contributed by atoms with Gasteiger partial charge >= 0.3 is 5.82 Å². The minimum atomic E-state index is -0.540. The molecule has 8 nitrogen and oxygen atoms in total. The highest BCUT2D eigenvalue weighted by atomic mass is 19.1. The number of rotatable bonds is 7. The number of halogens is 1. The second-order valence-corrected chi connectivity index (χ2v) is 6.78. The van der Waals surface area contributed by atoms with Crippen molar-refractivity contribution in [2.75, 3.05) is 31.1 Å². The monoisotopic (exact) mass is 400 g/mol. The highest BCUT2D eigenvalue weighted by molar-refractivity contribution is 5.96. The molecular formula is C20H21FN4O4. The number of piperazine rings is 1. The molecule has 1 amide bonds. The van der Waals surface area contributed by atoms with Crippen LogP contribution in [-0.4, -0.2) is 52.7 Å². The van der Waals surface area contributed by atoms with Crippen molar-refractivity contribution < 1.29 is 18.9 Å². The quantitative estimate of drug-likeness (QED) is 0.403. The smallest absolute Gasteiger partial charge is 0.363 e. The lowest BCUT2D eigenvalue weighted by Crippen LogP contribution is -2.48. The summed E-state index contributed by atoms with van der Waals surface area (Å²) in [5.74, 6) is -0.690. The van der Waals surface area contributed by atoms with Gasteiger partial charge in [-0.1, -0.05) is 0 Å². The first kappa shape index (κ1) is 20.4. The SMILES string of the molecule is O=C(CCCC(=O)N1CCN(c2ccc([N+](=O)[O-])nc2)CC1)c1ccc(F)cc1. The summed E-state index contributed by atoms with van der Waals surface area (Å²) in [5, 5.41) is 10.7. The first-order chi connectivity index (χ1) is 13.9. The zero-order valence-corrected chi connectivity index (χ0v) is 15.8. The predicted molar refractivity (Wildman–Crippen MR) is 104 cm³/mol. The predicted octanol–water partition coefficient (Wildman–Crippen LogP) is 2.83. The third kappa shape index (κ3) is 5.34. The largest absolute Gasteiger partial charge is 0.365 e. The van der Waals surface area contributed by atoms with Crippen molar-refractivity contribution in [1.29, 1.82) is 0 Å². The molecule has 152 valence electrons. The number of nitrogens with zero attached hydrogens (tertiary/aromatic N) is 4. The van der Waals surface area contributed by atoms with Crippen LogP contribution in [0.25, 0.3) is 0 Å². The van der Waals surface area contributed by atoms with Crippen molar-refractivity contribution in [3.05, 3.63) is 64.1 Å². The Morgan fingerprint density at radius 3 is 2.31 bits per heavy atom. The number of aromatic nitrogens is 1. The van der Waals surface area contributed by atoms with Crippen LogP contribution in [0.1, 0.15) is 29.6 Å². The molecule has 0 radical (unpaired) electrons. The van der Waals surface area contributed by atoms with Gasteiger partial charge in [0, 0.05) is 50.7 Å². The van der Waals surface area contributed by atoms with E-state index in [1.165, 1.54) is 36.5 Å². The molecule has 9 heteroatoms. The molecule has 1 fully saturated rings. The normalized spacial score (nSPS) is 14.0. The van der Waals surface area contributed by atoms with Crippen LogP contribution in [0.15, 0.2) is 42.6 Å². The van der Waals surface area contributed by atoms with Crippen LogP contribution in [0.4, 0.5) is 15.9 Å². The van der Waals surface area contributed by atoms with Crippen LogP contribution in [0.5, 0.6) is 0 Å². The van der Waals surface area contributed by atoms with Crippen molar-refractivity contribution in [1.82, 2.24) is 9.88 Å². The number of hydrogen-bond donors (Lipinski definition) is 0. The first-order valence-corrected chi connectivity index (χ1v) is 9.36. The molecule has 0 aliphatic carbocycles. The van der Waals surface area contributed by atoms with Crippen molar-refractivity contribution in [3.63, 3.8) is 0 Å². The van der Waals surface area contributed by atoms with Crippen molar-refractivity contribution in [3.8, 4) is 0 Å². The molecule has 1 aliphatic rings. The van der Waals surface area contributed by atoms with E-state index in [-0.39, 0.29) is 36.2 Å². The summed E-state index contributed by atoms with van der Waals surface area (Å²) in [6.45, 7) is 2.31. The Morgan fingerprint density at radius 2 is 1.72 bits per heavy atom. The third-order valence-corrected chi connectivity index (χ3v) is 4.88. The number of pyridine rings is 1. The average molecular weight is 400 g/mol. The van der Waals surface area contributed by atoms with E-state index in [9.17, 15) is 24.1 Å². The lowest BCUT2D eigenvalue weighted by Gasteiger charge is -2.35. The van der Waals surface area contributed by atoms with Gasteiger partial charge in [-0.15, -0.1) is 0 Å². The van der Waals surface area contributed by atoms with Gasteiger partial charge in [-0.2, -0.15) is 0 Å². The van der Waals surface area contributed by atoms with Gasteiger partial charge in [-0.25, -0.2) is 4.39 Å². The molecule has 1 aliphatic heterocycles. The zero-order valence-electron chi connectivity index (χ0n) is 15.8. The van der Waals surface area contributed by atoms with E-state index in [2.05, 4.69) is 4.98 Å². The van der Waals surface area contributed by atoms with Crippen LogP contribution < -0.4 is 4.90 Å². The summed E-state index contributed by atoms with van der Waals surface area (Å²) in [5.41, 5.74) is 1.23. The third-order valence-electron chi connectivity index (χ3n) is 4.88. The Labute approximate surface area is 167 Å². The Balaban J connectivity index is 1.42. The summed E-state index contributed by atoms with van der Waals surface area (Å²) in [6.07, 6.45) is 2.44. The van der Waals surface area contributed by atoms with E-state index in [4.69, 9.17) is 0 Å². The summed E-state index contributed by atoms with van der Waals surface area (Å²) >= 11 is 0. The molecule has 29 heavy (non-hydrogen) atoms. The number of carbonyl (C=O) groups is 2. The van der Waals surface area contributed by atoms with E-state index in [1.54, 1.807) is 11.0 Å². The number of benzene rings is 1. The van der Waals surface area contributed by atoms with Gasteiger partial charge in [0.1, 0.15) is 5.82 Å². The van der Waals surface area contributed by atoms with Crippen molar-refractivity contribution in [2.45, 2.75) is 19.3 Å². The van der Waals surface area contributed by atoms with E-state index in [1.807, 2.05) is 4.90 Å². The number of nitro groups is 1. The van der Waals surface area contributed by atoms with E-state index in [0.29, 0.717) is 38.2 Å². The van der Waals surface area contributed by atoms with Gasteiger partial charge in [-0.3, -0.25) is 9.59 Å². The Kier molecular flexibility index (Phi) is 6.48. The lowest BCUT2D eigenvalue weighted by atomic mass is 10.1. The maximum atomic E-state index is 12.9. The second kappa shape index (κ2) is 9.22. The maximum absolute atomic E-state index is 12.9. The van der Waals surface area contributed by atoms with Gasteiger partial charge < -0.3 is 19.9 Å². The maximum Gasteiger partial charge on any atom is 0.363 e. The number of carbonyl (C=O) groups excluding carboxylic acids is 2. The standard InChI is InChI=1S/C20H21FN4O4/c21-16-6-4-15(5-7-16)18(26)2-1-3-20(27)24-12-10-23(11-13-24)17-8-9-19(22-14-17)25(28)29/h4-9,14H,1-3,10-13H2. The summed E-state index contributed by atoms with van der Waals surface area (Å²) in [4.78, 5) is 42.2. The fourth-order valence-electron chi connectivity index (χ4n) is 3.23. The second-order valence-electron chi connectivity index (χ2n) is 6.78. The number of anilines is 1. The van der Waals surface area contributed by atoms with E-state index < -0.39 is 4.92 Å². The van der Waals surface area contributed by atoms with Gasteiger partial charge in [0.05, 0.1) is 5.69 Å². The first-order valence-electron chi connectivity index (χ1n) is 9.36. The van der Waals surface area contributed by atoms with Gasteiger partial charge in [-0.05, 0) is 46.7 Å². The average Bonchev–Trinajstić information content (AvgIpc) is 2.74. The van der Waals surface area contributed by atoms with Crippen molar-refractivity contribution >= 4 is 23.2 Å². The zero-order chi connectivity index (χ0) is 20.8. The van der Waals surface area contributed by atoms with Crippen LogP contribution in [0.2, 0.25) is 0 Å². The molecule has 1 saturated heterocycles. The summed E-state index contributed by atoms with van der Waals surface area (Å²) < 4.78 is 12.9. The minimum Gasteiger partial charge on any atom is -0.365 e. The highest BCUT2D eigenvalue weighted by Gasteiger charge is 2.22. The Morgan fingerprint density at radius 1 is 1.03 bits per heavy atom. The van der Waals surface area contributed by atoms with Crippen LogP contribution in [0, 0.1) is 15.9 Å². The Hall–Kier alpha value is -3.36. The number of Topliss-reactive ketones (excluding diaryl/α,β-unsaturated/α-hetero) is 1. The molecular weight excluding hydrogens is 379 g/mol. The molecule has 3 rings (SSSR count). The van der Waals surface area contributed by atoms with Gasteiger partial charge in [0.15, 0.2) is 12.0 Å². The molecule has 1 aromatic carbocycles. The fourth-order valence-corrected chi connectivity index (χ4v) is 3.23. The number of ketones is 1. The molecule has 0 unspecified atom stereocenters. The molecule has 0 spiro atoms. The lowest BCUT2D eigenvalue weighted by molar-refractivity contribution is -0.389. The van der Waals surface area contributed by atoms with Gasteiger partial charge in [0.25, 0.3) is 0 Å². The number of amides is 1. The highest BCUT2D eigenvalue weighted by Crippen LogP contribution is 2.18. The van der Waals surface area contributed by atoms with Crippen LogP contribution >= 0.6 is 0 Å². The molecule has 0 N–H and O–H groups in total. The minimum absolute atomic E-state index is 0.00150. The van der Waals surface area contributed by atoms with E-state index >= 15 is 0 Å². The molecule has 1 aromatic heterocycles.